The molecule has 2 aliphatic rings. The molecule has 32 heavy (non-hydrogen) atoms. The third-order valence-corrected chi connectivity index (χ3v) is 5.23. The third kappa shape index (κ3) is 5.85. The van der Waals surface area contributed by atoms with Gasteiger partial charge >= 0.3 is 0 Å². The Labute approximate surface area is 186 Å². The van der Waals surface area contributed by atoms with Crippen LogP contribution >= 0.6 is 0 Å². The van der Waals surface area contributed by atoms with Gasteiger partial charge in [-0.25, -0.2) is 4.39 Å². The SMILES string of the molecule is C=CCOC[C@@H](O)CN(Cc1ccc(F)cc1)C[C@@H]1CC(c2ccc3c(c2)OCO3)=NO1. The lowest BCUT2D eigenvalue weighted by Gasteiger charge is -2.27. The summed E-state index contributed by atoms with van der Waals surface area (Å²) in [7, 11) is 0. The number of ether oxygens (including phenoxy) is 3. The van der Waals surface area contributed by atoms with E-state index in [-0.39, 0.29) is 25.3 Å². The molecule has 2 aliphatic heterocycles. The number of halogens is 1. The quantitative estimate of drug-likeness (QED) is 0.426. The lowest BCUT2D eigenvalue weighted by atomic mass is 10.0. The Morgan fingerprint density at radius 2 is 2.03 bits per heavy atom. The summed E-state index contributed by atoms with van der Waals surface area (Å²) in [5, 5.41) is 14.7. The van der Waals surface area contributed by atoms with Crippen LogP contribution in [0.2, 0.25) is 0 Å². The van der Waals surface area contributed by atoms with Crippen LogP contribution in [0, 0.1) is 5.82 Å². The van der Waals surface area contributed by atoms with Gasteiger partial charge in [-0.05, 0) is 35.9 Å². The first-order valence-electron chi connectivity index (χ1n) is 10.6. The van der Waals surface area contributed by atoms with E-state index in [4.69, 9.17) is 19.0 Å². The van der Waals surface area contributed by atoms with Gasteiger partial charge < -0.3 is 24.2 Å². The number of nitrogens with zero attached hydrogens (tertiary/aromatic N) is 2. The second-order valence-electron chi connectivity index (χ2n) is 7.84. The molecule has 0 fully saturated rings. The zero-order chi connectivity index (χ0) is 22.3. The number of hydrogen-bond acceptors (Lipinski definition) is 7. The van der Waals surface area contributed by atoms with Crippen molar-refractivity contribution < 1.29 is 28.5 Å². The zero-order valence-corrected chi connectivity index (χ0v) is 17.8. The van der Waals surface area contributed by atoms with Gasteiger partial charge in [-0.15, -0.1) is 6.58 Å². The second kappa shape index (κ2) is 10.6. The summed E-state index contributed by atoms with van der Waals surface area (Å²) in [4.78, 5) is 7.76. The smallest absolute Gasteiger partial charge is 0.231 e. The van der Waals surface area contributed by atoms with E-state index < -0.39 is 6.10 Å². The number of benzene rings is 2. The number of rotatable bonds is 11. The second-order valence-corrected chi connectivity index (χ2v) is 7.84. The van der Waals surface area contributed by atoms with Crippen molar-refractivity contribution in [1.29, 1.82) is 0 Å². The van der Waals surface area contributed by atoms with Crippen LogP contribution in [0.4, 0.5) is 4.39 Å². The molecule has 7 nitrogen and oxygen atoms in total. The molecule has 0 saturated carbocycles. The van der Waals surface area contributed by atoms with Crippen LogP contribution in [0.25, 0.3) is 0 Å². The Hall–Kier alpha value is -2.94. The zero-order valence-electron chi connectivity index (χ0n) is 17.8. The molecular formula is C24H27FN2O5. The van der Waals surface area contributed by atoms with Crippen molar-refractivity contribution in [2.24, 2.45) is 5.16 Å². The largest absolute Gasteiger partial charge is 0.454 e. The van der Waals surface area contributed by atoms with E-state index in [2.05, 4.69) is 16.6 Å². The van der Waals surface area contributed by atoms with Gasteiger partial charge in [0.1, 0.15) is 11.9 Å². The van der Waals surface area contributed by atoms with Crippen LogP contribution in [0.3, 0.4) is 0 Å². The maximum atomic E-state index is 13.3. The molecule has 0 amide bonds. The van der Waals surface area contributed by atoms with Crippen molar-refractivity contribution in [2.75, 3.05) is 33.1 Å². The molecule has 4 rings (SSSR count). The predicted molar refractivity (Wildman–Crippen MR) is 117 cm³/mol. The summed E-state index contributed by atoms with van der Waals surface area (Å²) < 4.78 is 29.5. The summed E-state index contributed by atoms with van der Waals surface area (Å²) in [6.07, 6.45) is 1.43. The lowest BCUT2D eigenvalue weighted by Crippen LogP contribution is -2.39. The summed E-state index contributed by atoms with van der Waals surface area (Å²) in [5.74, 6) is 1.15. The molecule has 0 bridgehead atoms. The number of fused-ring (bicyclic) bond motifs is 1. The van der Waals surface area contributed by atoms with E-state index in [0.29, 0.717) is 38.4 Å². The van der Waals surface area contributed by atoms with Crippen molar-refractivity contribution in [2.45, 2.75) is 25.2 Å². The standard InChI is InChI=1S/C24H27FN2O5/c1-2-9-29-15-20(28)13-27(12-17-3-6-19(25)7-4-17)14-21-11-22(26-32-21)18-5-8-23-24(10-18)31-16-30-23/h2-8,10,20-21,28H,1,9,11-16H2/t20-,21-/m0/s1. The first-order chi connectivity index (χ1) is 15.6. The van der Waals surface area contributed by atoms with E-state index in [1.54, 1.807) is 18.2 Å². The molecule has 0 aliphatic carbocycles. The number of hydrogen-bond donors (Lipinski definition) is 1. The Morgan fingerprint density at radius 3 is 2.84 bits per heavy atom. The van der Waals surface area contributed by atoms with Crippen molar-refractivity contribution in [3.63, 3.8) is 0 Å². The number of aliphatic hydroxyl groups excluding tert-OH is 1. The van der Waals surface area contributed by atoms with Crippen molar-refractivity contribution in [3.05, 3.63) is 72.1 Å². The van der Waals surface area contributed by atoms with Crippen molar-refractivity contribution in [3.8, 4) is 11.5 Å². The molecule has 2 atom stereocenters. The highest BCUT2D eigenvalue weighted by Crippen LogP contribution is 2.33. The molecule has 2 aromatic rings. The lowest BCUT2D eigenvalue weighted by molar-refractivity contribution is 0.00335. The van der Waals surface area contributed by atoms with Crippen molar-refractivity contribution in [1.82, 2.24) is 4.90 Å². The van der Waals surface area contributed by atoms with Crippen LogP contribution in [-0.2, 0) is 16.1 Å². The molecule has 0 spiro atoms. The van der Waals surface area contributed by atoms with Crippen LogP contribution in [0.1, 0.15) is 17.5 Å². The van der Waals surface area contributed by atoms with Gasteiger partial charge in [-0.2, -0.15) is 0 Å². The van der Waals surface area contributed by atoms with Gasteiger partial charge in [-0.3, -0.25) is 4.90 Å². The Balaban J connectivity index is 1.37. The summed E-state index contributed by atoms with van der Waals surface area (Å²) in [6.45, 7) is 5.89. The minimum atomic E-state index is -0.675. The van der Waals surface area contributed by atoms with Crippen LogP contribution in [0.5, 0.6) is 11.5 Å². The van der Waals surface area contributed by atoms with Gasteiger partial charge in [0.15, 0.2) is 11.5 Å². The fourth-order valence-corrected chi connectivity index (χ4v) is 3.75. The van der Waals surface area contributed by atoms with Gasteiger partial charge in [-0.1, -0.05) is 23.4 Å². The van der Waals surface area contributed by atoms with E-state index in [9.17, 15) is 9.50 Å². The van der Waals surface area contributed by atoms with E-state index in [1.165, 1.54) is 12.1 Å². The highest BCUT2D eigenvalue weighted by atomic mass is 19.1. The predicted octanol–water partition coefficient (Wildman–Crippen LogP) is 3.11. The Bertz CT molecular complexity index is 950. The molecule has 0 unspecified atom stereocenters. The molecule has 1 N–H and O–H groups in total. The fraction of sp³-hybridized carbons (Fsp3) is 0.375. The number of oxime groups is 1. The maximum absolute atomic E-state index is 13.3. The van der Waals surface area contributed by atoms with E-state index in [1.807, 2.05) is 18.2 Å². The molecule has 8 heteroatoms. The minimum Gasteiger partial charge on any atom is -0.454 e. The molecule has 170 valence electrons. The fourth-order valence-electron chi connectivity index (χ4n) is 3.75. The van der Waals surface area contributed by atoms with Crippen molar-refractivity contribution >= 4 is 5.71 Å². The van der Waals surface area contributed by atoms with Crippen LogP contribution < -0.4 is 9.47 Å². The van der Waals surface area contributed by atoms with E-state index >= 15 is 0 Å². The van der Waals surface area contributed by atoms with Crippen LogP contribution in [0.15, 0.2) is 60.3 Å². The van der Waals surface area contributed by atoms with Gasteiger partial charge in [0.2, 0.25) is 6.79 Å². The summed E-state index contributed by atoms with van der Waals surface area (Å²) >= 11 is 0. The molecule has 2 aromatic carbocycles. The highest BCUT2D eigenvalue weighted by Gasteiger charge is 2.27. The molecule has 0 radical (unpaired) electrons. The maximum Gasteiger partial charge on any atom is 0.231 e. The summed E-state index contributed by atoms with van der Waals surface area (Å²) in [6, 6.07) is 12.1. The molecule has 2 heterocycles. The Morgan fingerprint density at radius 1 is 1.22 bits per heavy atom. The average Bonchev–Trinajstić information content (AvgIpc) is 3.44. The normalized spacial score (nSPS) is 17.8. The highest BCUT2D eigenvalue weighted by molar-refractivity contribution is 6.01. The summed E-state index contributed by atoms with van der Waals surface area (Å²) in [5.41, 5.74) is 2.71. The van der Waals surface area contributed by atoms with Gasteiger partial charge in [0, 0.05) is 31.6 Å². The molecular weight excluding hydrogens is 415 g/mol. The Kier molecular flexibility index (Phi) is 7.36. The molecule has 0 saturated heterocycles. The average molecular weight is 442 g/mol. The third-order valence-electron chi connectivity index (χ3n) is 5.23. The monoisotopic (exact) mass is 442 g/mol. The topological polar surface area (TPSA) is 72.8 Å². The molecule has 0 aromatic heterocycles. The van der Waals surface area contributed by atoms with Gasteiger partial charge in [0.05, 0.1) is 25.0 Å². The minimum absolute atomic E-state index is 0.169. The van der Waals surface area contributed by atoms with E-state index in [0.717, 1.165) is 22.6 Å². The number of aliphatic hydroxyl groups is 1. The van der Waals surface area contributed by atoms with Gasteiger partial charge in [0.25, 0.3) is 0 Å². The first-order valence-corrected chi connectivity index (χ1v) is 10.6. The first kappa shape index (κ1) is 22.3. The van der Waals surface area contributed by atoms with Crippen LogP contribution in [-0.4, -0.2) is 61.0 Å².